The average molecular weight is 358 g/mol. The standard InChI is InChI=1S/C18H12ClNO3S/c1-10-2-4-13-11(7-17(21)22-16(13)6-10)9-24-18-20-14-8-12(19)3-5-15(14)23-18/h2-8H,9H2,1H3. The van der Waals surface area contributed by atoms with Crippen LogP contribution in [0.2, 0.25) is 5.02 Å². The molecular formula is C18H12ClNO3S. The van der Waals surface area contributed by atoms with Crippen LogP contribution in [0.5, 0.6) is 0 Å². The van der Waals surface area contributed by atoms with Crippen LogP contribution in [0.1, 0.15) is 11.1 Å². The van der Waals surface area contributed by atoms with Gasteiger partial charge in [-0.2, -0.15) is 0 Å². The summed E-state index contributed by atoms with van der Waals surface area (Å²) in [5, 5.41) is 2.09. The summed E-state index contributed by atoms with van der Waals surface area (Å²) in [4.78, 5) is 16.2. The predicted molar refractivity (Wildman–Crippen MR) is 95.8 cm³/mol. The Morgan fingerprint density at radius 1 is 1.08 bits per heavy atom. The van der Waals surface area contributed by atoms with Gasteiger partial charge in [-0.1, -0.05) is 35.5 Å². The second kappa shape index (κ2) is 6.00. The van der Waals surface area contributed by atoms with Crippen LogP contribution >= 0.6 is 23.4 Å². The van der Waals surface area contributed by atoms with E-state index >= 15 is 0 Å². The van der Waals surface area contributed by atoms with E-state index in [1.165, 1.54) is 17.8 Å². The highest BCUT2D eigenvalue weighted by atomic mass is 35.5. The number of oxazole rings is 1. The minimum atomic E-state index is -0.354. The van der Waals surface area contributed by atoms with Crippen LogP contribution in [0, 0.1) is 6.92 Å². The van der Waals surface area contributed by atoms with E-state index in [9.17, 15) is 4.79 Å². The third-order valence-electron chi connectivity index (χ3n) is 3.67. The largest absolute Gasteiger partial charge is 0.431 e. The van der Waals surface area contributed by atoms with Crippen LogP contribution in [0.25, 0.3) is 22.1 Å². The summed E-state index contributed by atoms with van der Waals surface area (Å²) in [6, 6.07) is 12.7. The molecule has 0 spiro atoms. The molecule has 0 radical (unpaired) electrons. The van der Waals surface area contributed by atoms with Crippen molar-refractivity contribution in [2.24, 2.45) is 0 Å². The molecule has 0 fully saturated rings. The van der Waals surface area contributed by atoms with Crippen LogP contribution < -0.4 is 5.63 Å². The van der Waals surface area contributed by atoms with E-state index in [1.807, 2.05) is 25.1 Å². The van der Waals surface area contributed by atoms with Crippen LogP contribution in [0.15, 0.2) is 61.3 Å². The van der Waals surface area contributed by atoms with Gasteiger partial charge in [-0.3, -0.25) is 0 Å². The summed E-state index contributed by atoms with van der Waals surface area (Å²) in [6.07, 6.45) is 0. The third-order valence-corrected chi connectivity index (χ3v) is 4.78. The molecule has 0 aliphatic heterocycles. The zero-order valence-electron chi connectivity index (χ0n) is 12.7. The second-order valence-electron chi connectivity index (χ2n) is 5.47. The van der Waals surface area contributed by atoms with E-state index in [-0.39, 0.29) is 5.63 Å². The Bertz CT molecular complexity index is 1120. The molecule has 0 aliphatic carbocycles. The fourth-order valence-electron chi connectivity index (χ4n) is 2.54. The molecule has 120 valence electrons. The summed E-state index contributed by atoms with van der Waals surface area (Å²) in [7, 11) is 0. The molecule has 4 nitrogen and oxygen atoms in total. The van der Waals surface area contributed by atoms with Crippen molar-refractivity contribution < 1.29 is 8.83 Å². The molecule has 0 unspecified atom stereocenters. The van der Waals surface area contributed by atoms with E-state index in [0.717, 1.165) is 22.0 Å². The second-order valence-corrected chi connectivity index (χ2v) is 6.83. The Labute approximate surface area is 146 Å². The molecule has 4 aromatic rings. The van der Waals surface area contributed by atoms with E-state index in [0.29, 0.717) is 27.2 Å². The van der Waals surface area contributed by atoms with Gasteiger partial charge in [0.15, 0.2) is 5.58 Å². The highest BCUT2D eigenvalue weighted by Crippen LogP contribution is 2.29. The number of nitrogens with zero attached hydrogens (tertiary/aromatic N) is 1. The van der Waals surface area contributed by atoms with Crippen molar-refractivity contribution in [3.05, 3.63) is 69.0 Å². The molecular weight excluding hydrogens is 346 g/mol. The van der Waals surface area contributed by atoms with Crippen LogP contribution in [-0.2, 0) is 5.75 Å². The van der Waals surface area contributed by atoms with Gasteiger partial charge in [0.2, 0.25) is 0 Å². The van der Waals surface area contributed by atoms with E-state index in [1.54, 1.807) is 18.2 Å². The number of aromatic nitrogens is 1. The Kier molecular flexibility index (Phi) is 3.82. The van der Waals surface area contributed by atoms with Gasteiger partial charge in [-0.15, -0.1) is 0 Å². The molecule has 2 aromatic carbocycles. The number of thioether (sulfide) groups is 1. The van der Waals surface area contributed by atoms with Gasteiger partial charge in [0.05, 0.1) is 0 Å². The fraction of sp³-hybridized carbons (Fsp3) is 0.111. The number of hydrogen-bond acceptors (Lipinski definition) is 5. The maximum absolute atomic E-state index is 11.8. The van der Waals surface area contributed by atoms with Crippen LogP contribution in [0.3, 0.4) is 0 Å². The maximum Gasteiger partial charge on any atom is 0.336 e. The van der Waals surface area contributed by atoms with Gasteiger partial charge in [0.1, 0.15) is 11.1 Å². The molecule has 0 bridgehead atoms. The number of rotatable bonds is 3. The van der Waals surface area contributed by atoms with Gasteiger partial charge >= 0.3 is 5.63 Å². The topological polar surface area (TPSA) is 56.2 Å². The van der Waals surface area contributed by atoms with Crippen molar-refractivity contribution in [3.63, 3.8) is 0 Å². The third kappa shape index (κ3) is 2.92. The SMILES string of the molecule is Cc1ccc2c(CSc3nc4cc(Cl)ccc4o3)cc(=O)oc2c1. The molecule has 6 heteroatoms. The average Bonchev–Trinajstić information content (AvgIpc) is 2.94. The van der Waals surface area contributed by atoms with Gasteiger partial charge in [0.25, 0.3) is 5.22 Å². The predicted octanol–water partition coefficient (Wildman–Crippen LogP) is 5.19. The number of fused-ring (bicyclic) bond motifs is 2. The summed E-state index contributed by atoms with van der Waals surface area (Å²) < 4.78 is 11.0. The van der Waals surface area contributed by atoms with Gasteiger partial charge < -0.3 is 8.83 Å². The lowest BCUT2D eigenvalue weighted by atomic mass is 10.1. The number of benzene rings is 2. The maximum atomic E-state index is 11.8. The molecule has 2 heterocycles. The monoisotopic (exact) mass is 357 g/mol. The lowest BCUT2D eigenvalue weighted by Crippen LogP contribution is -2.00. The Morgan fingerprint density at radius 3 is 2.83 bits per heavy atom. The number of aryl methyl sites for hydroxylation is 1. The zero-order chi connectivity index (χ0) is 16.7. The minimum absolute atomic E-state index is 0.354. The summed E-state index contributed by atoms with van der Waals surface area (Å²) in [5.41, 5.74) is 3.60. The Hall–Kier alpha value is -2.24. The molecule has 0 saturated heterocycles. The first-order valence-electron chi connectivity index (χ1n) is 7.31. The molecule has 0 saturated carbocycles. The first-order chi connectivity index (χ1) is 11.6. The first kappa shape index (κ1) is 15.3. The lowest BCUT2D eigenvalue weighted by molar-refractivity contribution is 0.489. The lowest BCUT2D eigenvalue weighted by Gasteiger charge is -2.04. The highest BCUT2D eigenvalue weighted by Gasteiger charge is 2.10. The molecule has 24 heavy (non-hydrogen) atoms. The first-order valence-corrected chi connectivity index (χ1v) is 8.67. The van der Waals surface area contributed by atoms with E-state index in [4.69, 9.17) is 20.4 Å². The molecule has 2 aromatic heterocycles. The van der Waals surface area contributed by atoms with E-state index in [2.05, 4.69) is 4.98 Å². The smallest absolute Gasteiger partial charge is 0.336 e. The Balaban J connectivity index is 1.67. The zero-order valence-corrected chi connectivity index (χ0v) is 14.3. The van der Waals surface area contributed by atoms with Crippen LogP contribution in [-0.4, -0.2) is 4.98 Å². The van der Waals surface area contributed by atoms with Gasteiger partial charge in [-0.25, -0.2) is 9.78 Å². The van der Waals surface area contributed by atoms with Gasteiger partial charge in [-0.05, 0) is 42.3 Å². The van der Waals surface area contributed by atoms with Crippen molar-refractivity contribution in [2.75, 3.05) is 0 Å². The molecule has 0 aliphatic rings. The number of hydrogen-bond donors (Lipinski definition) is 0. The summed E-state index contributed by atoms with van der Waals surface area (Å²) >= 11 is 7.39. The van der Waals surface area contributed by atoms with Crippen LogP contribution in [0.4, 0.5) is 0 Å². The van der Waals surface area contributed by atoms with Crippen molar-refractivity contribution in [1.29, 1.82) is 0 Å². The van der Waals surface area contributed by atoms with Crippen molar-refractivity contribution in [3.8, 4) is 0 Å². The number of halogens is 1. The minimum Gasteiger partial charge on any atom is -0.431 e. The van der Waals surface area contributed by atoms with Crippen molar-refractivity contribution in [2.45, 2.75) is 17.9 Å². The summed E-state index contributed by atoms with van der Waals surface area (Å²) in [5.74, 6) is 0.561. The molecule has 4 rings (SSSR count). The fourth-order valence-corrected chi connectivity index (χ4v) is 3.53. The summed E-state index contributed by atoms with van der Waals surface area (Å²) in [6.45, 7) is 1.96. The highest BCUT2D eigenvalue weighted by molar-refractivity contribution is 7.98. The molecule has 0 N–H and O–H groups in total. The van der Waals surface area contributed by atoms with Crippen molar-refractivity contribution in [1.82, 2.24) is 4.98 Å². The van der Waals surface area contributed by atoms with Gasteiger partial charge in [0, 0.05) is 22.2 Å². The quantitative estimate of drug-likeness (QED) is 0.373. The molecule has 0 amide bonds. The Morgan fingerprint density at radius 2 is 1.96 bits per heavy atom. The normalized spacial score (nSPS) is 11.4. The molecule has 0 atom stereocenters. The van der Waals surface area contributed by atoms with E-state index < -0.39 is 0 Å². The van der Waals surface area contributed by atoms with Crippen molar-refractivity contribution >= 4 is 45.4 Å².